The van der Waals surface area contributed by atoms with Gasteiger partial charge >= 0.3 is 0 Å². The summed E-state index contributed by atoms with van der Waals surface area (Å²) in [7, 11) is 1.93. The predicted octanol–water partition coefficient (Wildman–Crippen LogP) is 2.56. The van der Waals surface area contributed by atoms with Gasteiger partial charge in [-0.15, -0.1) is 11.3 Å². The minimum Gasteiger partial charge on any atom is -0.333 e. The van der Waals surface area contributed by atoms with E-state index in [0.717, 1.165) is 37.4 Å². The van der Waals surface area contributed by atoms with Crippen molar-refractivity contribution in [2.24, 2.45) is 0 Å². The smallest absolute Gasteiger partial charge is 0.273 e. The van der Waals surface area contributed by atoms with E-state index in [1.807, 2.05) is 35.5 Å². The molecule has 5 heteroatoms. The van der Waals surface area contributed by atoms with Crippen LogP contribution in [0.2, 0.25) is 0 Å². The molecule has 116 valence electrons. The third-order valence-electron chi connectivity index (χ3n) is 4.05. The molecule has 0 aliphatic carbocycles. The molecule has 4 nitrogen and oxygen atoms in total. The molecular formula is C17H21N3OS. The van der Waals surface area contributed by atoms with Crippen molar-refractivity contribution in [1.82, 2.24) is 15.2 Å². The van der Waals surface area contributed by atoms with Gasteiger partial charge in [0.2, 0.25) is 0 Å². The Bertz CT molecular complexity index is 626. The molecule has 1 unspecified atom stereocenters. The fraction of sp³-hybridized carbons (Fsp3) is 0.412. The number of hydrogen-bond donors (Lipinski definition) is 1. The van der Waals surface area contributed by atoms with Crippen molar-refractivity contribution in [3.8, 4) is 0 Å². The van der Waals surface area contributed by atoms with Gasteiger partial charge in [0.1, 0.15) is 5.69 Å². The van der Waals surface area contributed by atoms with Crippen LogP contribution >= 0.6 is 11.3 Å². The number of nitrogens with zero attached hydrogens (tertiary/aromatic N) is 2. The van der Waals surface area contributed by atoms with Crippen LogP contribution in [0.3, 0.4) is 0 Å². The molecule has 1 N–H and O–H groups in total. The molecule has 1 fully saturated rings. The number of thiazole rings is 1. The van der Waals surface area contributed by atoms with Crippen LogP contribution in [-0.2, 0) is 6.42 Å². The van der Waals surface area contributed by atoms with Gasteiger partial charge in [-0.25, -0.2) is 4.98 Å². The van der Waals surface area contributed by atoms with E-state index in [1.165, 1.54) is 5.56 Å². The maximum absolute atomic E-state index is 12.6. The van der Waals surface area contributed by atoms with E-state index in [0.29, 0.717) is 11.7 Å². The molecule has 1 atom stereocenters. The first-order valence-corrected chi connectivity index (χ1v) is 8.60. The van der Waals surface area contributed by atoms with Crippen molar-refractivity contribution in [3.63, 3.8) is 0 Å². The number of carbonyl (C=O) groups excluding carboxylic acids is 1. The molecule has 1 amide bonds. The Kier molecular flexibility index (Phi) is 4.85. The summed E-state index contributed by atoms with van der Waals surface area (Å²) in [5.41, 5.74) is 1.82. The molecule has 0 saturated carbocycles. The molecule has 2 aromatic rings. The molecule has 3 rings (SSSR count). The van der Waals surface area contributed by atoms with Gasteiger partial charge in [-0.05, 0) is 25.5 Å². The molecule has 1 aliphatic heterocycles. The molecule has 1 saturated heterocycles. The van der Waals surface area contributed by atoms with E-state index in [-0.39, 0.29) is 5.91 Å². The number of rotatable bonds is 5. The van der Waals surface area contributed by atoms with Crippen LogP contribution < -0.4 is 5.32 Å². The second-order valence-electron chi connectivity index (χ2n) is 5.64. The van der Waals surface area contributed by atoms with Crippen molar-refractivity contribution >= 4 is 17.2 Å². The second-order valence-corrected chi connectivity index (χ2v) is 6.58. The topological polar surface area (TPSA) is 45.2 Å². The normalized spacial score (nSPS) is 17.9. The number of hydrogen-bond acceptors (Lipinski definition) is 4. The fourth-order valence-electron chi connectivity index (χ4n) is 2.96. The van der Waals surface area contributed by atoms with Crippen LogP contribution in [0.25, 0.3) is 0 Å². The van der Waals surface area contributed by atoms with Crippen LogP contribution in [0.5, 0.6) is 0 Å². The fourth-order valence-corrected chi connectivity index (χ4v) is 3.76. The lowest BCUT2D eigenvalue weighted by atomic mass is 10.2. The van der Waals surface area contributed by atoms with E-state index in [4.69, 9.17) is 0 Å². The standard InChI is InChI=1S/C17H21N3OS/c1-18-11-14-8-5-9-20(14)17(21)15-12-22-16(19-15)10-13-6-3-2-4-7-13/h2-4,6-7,12,14,18H,5,8-11H2,1H3. The number of likely N-dealkylation sites (tertiary alicyclic amines) is 1. The highest BCUT2D eigenvalue weighted by Crippen LogP contribution is 2.21. The number of aromatic nitrogens is 1. The van der Waals surface area contributed by atoms with Crippen LogP contribution in [0.1, 0.15) is 33.9 Å². The van der Waals surface area contributed by atoms with Crippen molar-refractivity contribution in [2.75, 3.05) is 20.1 Å². The average molecular weight is 315 g/mol. The Hall–Kier alpha value is -1.72. The number of likely N-dealkylation sites (N-methyl/N-ethyl adjacent to an activating group) is 1. The van der Waals surface area contributed by atoms with Gasteiger partial charge in [-0.3, -0.25) is 4.79 Å². The maximum Gasteiger partial charge on any atom is 0.273 e. The highest BCUT2D eigenvalue weighted by molar-refractivity contribution is 7.09. The predicted molar refractivity (Wildman–Crippen MR) is 89.3 cm³/mol. The lowest BCUT2D eigenvalue weighted by molar-refractivity contribution is 0.0731. The van der Waals surface area contributed by atoms with Gasteiger partial charge in [0.25, 0.3) is 5.91 Å². The third kappa shape index (κ3) is 3.36. The van der Waals surface area contributed by atoms with Crippen molar-refractivity contribution in [2.45, 2.75) is 25.3 Å². The lowest BCUT2D eigenvalue weighted by Gasteiger charge is -2.23. The average Bonchev–Trinajstić information content (AvgIpc) is 3.18. The van der Waals surface area contributed by atoms with E-state index in [2.05, 4.69) is 22.4 Å². The van der Waals surface area contributed by atoms with Gasteiger partial charge < -0.3 is 10.2 Å². The summed E-state index contributed by atoms with van der Waals surface area (Å²) in [4.78, 5) is 19.2. The first kappa shape index (κ1) is 15.2. The van der Waals surface area contributed by atoms with Gasteiger partial charge in [-0.2, -0.15) is 0 Å². The first-order chi connectivity index (χ1) is 10.8. The van der Waals surface area contributed by atoms with Crippen LogP contribution in [0.15, 0.2) is 35.7 Å². The lowest BCUT2D eigenvalue weighted by Crippen LogP contribution is -2.40. The highest BCUT2D eigenvalue weighted by atomic mass is 32.1. The van der Waals surface area contributed by atoms with Gasteiger partial charge in [0, 0.05) is 30.9 Å². The summed E-state index contributed by atoms with van der Waals surface area (Å²) in [6, 6.07) is 10.5. The van der Waals surface area contributed by atoms with E-state index in [1.54, 1.807) is 11.3 Å². The Morgan fingerprint density at radius 3 is 3.00 bits per heavy atom. The zero-order valence-electron chi connectivity index (χ0n) is 12.8. The Balaban J connectivity index is 1.69. The third-order valence-corrected chi connectivity index (χ3v) is 4.90. The molecule has 2 heterocycles. The summed E-state index contributed by atoms with van der Waals surface area (Å²) in [5, 5.41) is 6.07. The van der Waals surface area contributed by atoms with Crippen LogP contribution in [-0.4, -0.2) is 42.0 Å². The molecule has 0 radical (unpaired) electrons. The van der Waals surface area contributed by atoms with Crippen molar-refractivity contribution < 1.29 is 4.79 Å². The van der Waals surface area contributed by atoms with Gasteiger partial charge in [0.05, 0.1) is 5.01 Å². The molecular weight excluding hydrogens is 294 g/mol. The second kappa shape index (κ2) is 7.03. The Labute approximate surface area is 135 Å². The van der Waals surface area contributed by atoms with E-state index < -0.39 is 0 Å². The molecule has 1 aromatic carbocycles. The zero-order chi connectivity index (χ0) is 15.4. The zero-order valence-corrected chi connectivity index (χ0v) is 13.6. The van der Waals surface area contributed by atoms with Crippen molar-refractivity contribution in [3.05, 3.63) is 52.0 Å². The van der Waals surface area contributed by atoms with Crippen LogP contribution in [0, 0.1) is 0 Å². The molecule has 0 spiro atoms. The minimum absolute atomic E-state index is 0.0771. The highest BCUT2D eigenvalue weighted by Gasteiger charge is 2.29. The summed E-state index contributed by atoms with van der Waals surface area (Å²) in [6.07, 6.45) is 2.95. The number of benzene rings is 1. The summed E-state index contributed by atoms with van der Waals surface area (Å²) >= 11 is 1.57. The number of carbonyl (C=O) groups is 1. The van der Waals surface area contributed by atoms with E-state index in [9.17, 15) is 4.79 Å². The summed E-state index contributed by atoms with van der Waals surface area (Å²) < 4.78 is 0. The first-order valence-electron chi connectivity index (χ1n) is 7.72. The molecule has 1 aromatic heterocycles. The van der Waals surface area contributed by atoms with Gasteiger partial charge in [0.15, 0.2) is 0 Å². The summed E-state index contributed by atoms with van der Waals surface area (Å²) in [5.74, 6) is 0.0771. The monoisotopic (exact) mass is 315 g/mol. The quantitative estimate of drug-likeness (QED) is 0.922. The molecule has 22 heavy (non-hydrogen) atoms. The van der Waals surface area contributed by atoms with Gasteiger partial charge in [-0.1, -0.05) is 30.3 Å². The number of amides is 1. The molecule has 1 aliphatic rings. The minimum atomic E-state index is 0.0771. The molecule has 0 bridgehead atoms. The van der Waals surface area contributed by atoms with E-state index >= 15 is 0 Å². The Morgan fingerprint density at radius 1 is 1.41 bits per heavy atom. The Morgan fingerprint density at radius 2 is 2.23 bits per heavy atom. The number of nitrogens with one attached hydrogen (secondary N) is 1. The largest absolute Gasteiger partial charge is 0.333 e. The maximum atomic E-state index is 12.6. The van der Waals surface area contributed by atoms with Crippen LogP contribution in [0.4, 0.5) is 0 Å². The SMILES string of the molecule is CNCC1CCCN1C(=O)c1csc(Cc2ccccc2)n1. The summed E-state index contributed by atoms with van der Waals surface area (Å²) in [6.45, 7) is 1.70. The van der Waals surface area contributed by atoms with Crippen molar-refractivity contribution in [1.29, 1.82) is 0 Å².